The van der Waals surface area contributed by atoms with Gasteiger partial charge in [0, 0.05) is 7.05 Å². The SMILES string of the molecule is CNc1nc(N)nc(N)c1C#N. The fourth-order valence-corrected chi connectivity index (χ4v) is 0.787. The molecular formula is C6H8N6. The van der Waals surface area contributed by atoms with Gasteiger partial charge in [0.05, 0.1) is 0 Å². The van der Waals surface area contributed by atoms with E-state index in [0.29, 0.717) is 5.82 Å². The summed E-state index contributed by atoms with van der Waals surface area (Å²) in [5.74, 6) is 0.493. The molecule has 0 atom stereocenters. The number of nitriles is 1. The number of rotatable bonds is 1. The number of nitrogen functional groups attached to an aromatic ring is 2. The summed E-state index contributed by atoms with van der Waals surface area (Å²) in [6, 6.07) is 1.87. The van der Waals surface area contributed by atoms with Crippen molar-refractivity contribution in [3.63, 3.8) is 0 Å². The van der Waals surface area contributed by atoms with E-state index in [1.807, 2.05) is 6.07 Å². The lowest BCUT2D eigenvalue weighted by atomic mass is 10.3. The maximum atomic E-state index is 8.63. The van der Waals surface area contributed by atoms with Crippen LogP contribution in [-0.4, -0.2) is 17.0 Å². The highest BCUT2D eigenvalue weighted by Gasteiger charge is 2.08. The van der Waals surface area contributed by atoms with Crippen LogP contribution in [0.15, 0.2) is 0 Å². The van der Waals surface area contributed by atoms with Gasteiger partial charge in [-0.1, -0.05) is 0 Å². The van der Waals surface area contributed by atoms with Crippen molar-refractivity contribution >= 4 is 17.6 Å². The summed E-state index contributed by atoms with van der Waals surface area (Å²) in [6.45, 7) is 0. The summed E-state index contributed by atoms with van der Waals surface area (Å²) in [5.41, 5.74) is 10.9. The molecule has 1 aromatic rings. The van der Waals surface area contributed by atoms with Crippen molar-refractivity contribution < 1.29 is 0 Å². The molecule has 0 unspecified atom stereocenters. The maximum absolute atomic E-state index is 8.63. The number of anilines is 3. The zero-order valence-corrected chi connectivity index (χ0v) is 6.50. The Morgan fingerprint density at radius 1 is 1.42 bits per heavy atom. The Kier molecular flexibility index (Phi) is 1.96. The predicted octanol–water partition coefficient (Wildman–Crippen LogP) is -0.446. The standard InChI is InChI=1S/C6H8N6/c1-10-5-3(2-7)4(8)11-6(9)12-5/h1H3,(H5,8,9,10,11,12). The van der Waals surface area contributed by atoms with Gasteiger partial charge in [-0.3, -0.25) is 0 Å². The van der Waals surface area contributed by atoms with Crippen molar-refractivity contribution in [2.24, 2.45) is 0 Å². The van der Waals surface area contributed by atoms with Crippen LogP contribution in [-0.2, 0) is 0 Å². The molecule has 0 aliphatic rings. The molecule has 5 N–H and O–H groups in total. The van der Waals surface area contributed by atoms with Gasteiger partial charge in [-0.05, 0) is 0 Å². The average Bonchev–Trinajstić information content (AvgIpc) is 2.03. The molecule has 0 spiro atoms. The van der Waals surface area contributed by atoms with Crippen LogP contribution >= 0.6 is 0 Å². The number of nitrogens with two attached hydrogens (primary N) is 2. The Morgan fingerprint density at radius 2 is 2.08 bits per heavy atom. The lowest BCUT2D eigenvalue weighted by Crippen LogP contribution is -2.06. The molecule has 1 heterocycles. The minimum absolute atomic E-state index is 0.0517. The third kappa shape index (κ3) is 1.20. The smallest absolute Gasteiger partial charge is 0.224 e. The van der Waals surface area contributed by atoms with Crippen LogP contribution in [0, 0.1) is 11.3 Å². The summed E-state index contributed by atoms with van der Waals surface area (Å²) >= 11 is 0. The molecule has 0 amide bonds. The van der Waals surface area contributed by atoms with Crippen LogP contribution in [0.2, 0.25) is 0 Å². The van der Waals surface area contributed by atoms with Crippen molar-refractivity contribution in [3.05, 3.63) is 5.56 Å². The highest BCUT2D eigenvalue weighted by molar-refractivity contribution is 5.64. The Bertz CT molecular complexity index is 339. The van der Waals surface area contributed by atoms with E-state index >= 15 is 0 Å². The number of hydrogen-bond donors (Lipinski definition) is 3. The maximum Gasteiger partial charge on any atom is 0.224 e. The molecule has 0 fully saturated rings. The fourth-order valence-electron chi connectivity index (χ4n) is 0.787. The first-order valence-corrected chi connectivity index (χ1v) is 3.20. The van der Waals surface area contributed by atoms with Gasteiger partial charge in [0.15, 0.2) is 5.82 Å². The van der Waals surface area contributed by atoms with E-state index in [1.165, 1.54) is 0 Å². The van der Waals surface area contributed by atoms with Crippen molar-refractivity contribution in [2.75, 3.05) is 23.8 Å². The van der Waals surface area contributed by atoms with E-state index in [4.69, 9.17) is 16.7 Å². The van der Waals surface area contributed by atoms with E-state index < -0.39 is 0 Å². The largest absolute Gasteiger partial charge is 0.382 e. The first kappa shape index (κ1) is 8.07. The second kappa shape index (κ2) is 2.92. The predicted molar refractivity (Wildman–Crippen MR) is 45.1 cm³/mol. The Hall–Kier alpha value is -2.03. The van der Waals surface area contributed by atoms with Gasteiger partial charge < -0.3 is 16.8 Å². The van der Waals surface area contributed by atoms with Crippen LogP contribution in [0.5, 0.6) is 0 Å². The lowest BCUT2D eigenvalue weighted by molar-refractivity contribution is 1.17. The number of aromatic nitrogens is 2. The first-order valence-electron chi connectivity index (χ1n) is 3.20. The summed E-state index contributed by atoms with van der Waals surface area (Å²) in [6.07, 6.45) is 0. The van der Waals surface area contributed by atoms with E-state index in [9.17, 15) is 0 Å². The molecule has 6 heteroatoms. The second-order valence-electron chi connectivity index (χ2n) is 2.05. The Balaban J connectivity index is 3.36. The molecule has 6 nitrogen and oxygen atoms in total. The minimum Gasteiger partial charge on any atom is -0.382 e. The number of hydrogen-bond acceptors (Lipinski definition) is 6. The molecule has 0 saturated carbocycles. The summed E-state index contributed by atoms with van der Waals surface area (Å²) < 4.78 is 0. The summed E-state index contributed by atoms with van der Waals surface area (Å²) in [7, 11) is 1.63. The first-order chi connectivity index (χ1) is 5.69. The molecular weight excluding hydrogens is 156 g/mol. The quantitative estimate of drug-likeness (QED) is 0.518. The van der Waals surface area contributed by atoms with Crippen LogP contribution in [0.4, 0.5) is 17.6 Å². The highest BCUT2D eigenvalue weighted by Crippen LogP contribution is 2.16. The molecule has 1 aromatic heterocycles. The molecule has 0 aromatic carbocycles. The van der Waals surface area contributed by atoms with Crippen LogP contribution in [0.25, 0.3) is 0 Å². The van der Waals surface area contributed by atoms with Gasteiger partial charge >= 0.3 is 0 Å². The van der Waals surface area contributed by atoms with Gasteiger partial charge in [0.2, 0.25) is 5.95 Å². The van der Waals surface area contributed by atoms with Gasteiger partial charge in [-0.15, -0.1) is 0 Å². The zero-order valence-electron chi connectivity index (χ0n) is 6.50. The molecule has 1 rings (SSSR count). The van der Waals surface area contributed by atoms with E-state index in [0.717, 1.165) is 0 Å². The average molecular weight is 164 g/mol. The summed E-state index contributed by atoms with van der Waals surface area (Å²) in [4.78, 5) is 7.41. The van der Waals surface area contributed by atoms with Gasteiger partial charge in [-0.2, -0.15) is 15.2 Å². The molecule has 0 bridgehead atoms. The minimum atomic E-state index is 0.0517. The Labute approximate surface area is 69.2 Å². The van der Waals surface area contributed by atoms with E-state index in [1.54, 1.807) is 7.05 Å². The lowest BCUT2D eigenvalue weighted by Gasteiger charge is -2.03. The third-order valence-electron chi connectivity index (χ3n) is 1.30. The zero-order chi connectivity index (χ0) is 9.14. The van der Waals surface area contributed by atoms with Crippen molar-refractivity contribution in [1.82, 2.24) is 9.97 Å². The molecule has 0 aliphatic heterocycles. The normalized spacial score (nSPS) is 9.00. The van der Waals surface area contributed by atoms with Crippen molar-refractivity contribution in [2.45, 2.75) is 0 Å². The van der Waals surface area contributed by atoms with Gasteiger partial charge in [0.25, 0.3) is 0 Å². The Morgan fingerprint density at radius 3 is 2.58 bits per heavy atom. The third-order valence-corrected chi connectivity index (χ3v) is 1.30. The van der Waals surface area contributed by atoms with Crippen molar-refractivity contribution in [1.29, 1.82) is 5.26 Å². The molecule has 62 valence electrons. The van der Waals surface area contributed by atoms with E-state index in [2.05, 4.69) is 15.3 Å². The molecule has 0 radical (unpaired) electrons. The monoisotopic (exact) mass is 164 g/mol. The topological polar surface area (TPSA) is 114 Å². The van der Waals surface area contributed by atoms with E-state index in [-0.39, 0.29) is 17.3 Å². The molecule has 12 heavy (non-hydrogen) atoms. The van der Waals surface area contributed by atoms with Gasteiger partial charge in [-0.25, -0.2) is 0 Å². The van der Waals surface area contributed by atoms with Crippen molar-refractivity contribution in [3.8, 4) is 6.07 Å². The number of nitrogens with one attached hydrogen (secondary N) is 1. The highest BCUT2D eigenvalue weighted by atomic mass is 15.1. The van der Waals surface area contributed by atoms with Crippen LogP contribution in [0.3, 0.4) is 0 Å². The fraction of sp³-hybridized carbons (Fsp3) is 0.167. The molecule has 0 aliphatic carbocycles. The van der Waals surface area contributed by atoms with Crippen LogP contribution in [0.1, 0.15) is 5.56 Å². The summed E-state index contributed by atoms with van der Waals surface area (Å²) in [5, 5.41) is 11.3. The second-order valence-corrected chi connectivity index (χ2v) is 2.05. The number of nitrogens with zero attached hydrogens (tertiary/aromatic N) is 3. The van der Waals surface area contributed by atoms with Crippen LogP contribution < -0.4 is 16.8 Å². The van der Waals surface area contributed by atoms with Gasteiger partial charge in [0.1, 0.15) is 17.5 Å². The molecule has 0 saturated heterocycles.